The van der Waals surface area contributed by atoms with Crippen molar-refractivity contribution >= 4 is 5.91 Å². The number of nitrogens with zero attached hydrogens (tertiary/aromatic N) is 1. The van der Waals surface area contributed by atoms with Crippen LogP contribution in [0.1, 0.15) is 38.2 Å². The molecule has 0 spiro atoms. The van der Waals surface area contributed by atoms with E-state index in [1.165, 1.54) is 18.4 Å². The summed E-state index contributed by atoms with van der Waals surface area (Å²) in [7, 11) is 0. The Morgan fingerprint density at radius 3 is 2.79 bits per heavy atom. The Labute approximate surface area is 116 Å². The standard InChI is InChI=1S/C16H24N2O/c1-2-18(13-14-7-4-3-5-8-14)16(19)11-10-15-9-6-12-17-15/h3-5,7-8,15,17H,2,6,9-13H2,1H3. The van der Waals surface area contributed by atoms with Crippen molar-refractivity contribution in [3.05, 3.63) is 35.9 Å². The molecule has 1 amide bonds. The van der Waals surface area contributed by atoms with Crippen LogP contribution in [0.3, 0.4) is 0 Å². The molecular formula is C16H24N2O. The van der Waals surface area contributed by atoms with Crippen LogP contribution in [0.5, 0.6) is 0 Å². The van der Waals surface area contributed by atoms with Crippen LogP contribution < -0.4 is 5.32 Å². The smallest absolute Gasteiger partial charge is 0.222 e. The van der Waals surface area contributed by atoms with Gasteiger partial charge in [-0.25, -0.2) is 0 Å². The van der Waals surface area contributed by atoms with E-state index in [0.29, 0.717) is 12.5 Å². The van der Waals surface area contributed by atoms with Crippen LogP contribution in [0.15, 0.2) is 30.3 Å². The van der Waals surface area contributed by atoms with Gasteiger partial charge in [-0.3, -0.25) is 4.79 Å². The monoisotopic (exact) mass is 260 g/mol. The molecule has 0 bridgehead atoms. The lowest BCUT2D eigenvalue weighted by atomic mass is 10.1. The maximum atomic E-state index is 12.2. The number of carbonyl (C=O) groups is 1. The normalized spacial score (nSPS) is 18.5. The average Bonchev–Trinajstić information content (AvgIpc) is 2.96. The van der Waals surface area contributed by atoms with Crippen LogP contribution in [0.2, 0.25) is 0 Å². The van der Waals surface area contributed by atoms with E-state index in [-0.39, 0.29) is 5.91 Å². The first-order chi connectivity index (χ1) is 9.29. The third kappa shape index (κ3) is 4.35. The van der Waals surface area contributed by atoms with Crippen molar-refractivity contribution in [3.8, 4) is 0 Å². The summed E-state index contributed by atoms with van der Waals surface area (Å²) in [6, 6.07) is 10.8. The maximum absolute atomic E-state index is 12.2. The minimum Gasteiger partial charge on any atom is -0.339 e. The quantitative estimate of drug-likeness (QED) is 0.852. The number of nitrogens with one attached hydrogen (secondary N) is 1. The molecule has 1 atom stereocenters. The molecule has 1 N–H and O–H groups in total. The highest BCUT2D eigenvalue weighted by molar-refractivity contribution is 5.76. The second-order valence-corrected chi connectivity index (χ2v) is 5.23. The molecule has 1 heterocycles. The van der Waals surface area contributed by atoms with E-state index < -0.39 is 0 Å². The molecule has 0 saturated carbocycles. The number of hydrogen-bond acceptors (Lipinski definition) is 2. The van der Waals surface area contributed by atoms with Gasteiger partial charge in [0, 0.05) is 25.6 Å². The van der Waals surface area contributed by atoms with Crippen molar-refractivity contribution in [1.29, 1.82) is 0 Å². The highest BCUT2D eigenvalue weighted by Gasteiger charge is 2.17. The summed E-state index contributed by atoms with van der Waals surface area (Å²) in [6.07, 6.45) is 4.11. The fourth-order valence-electron chi connectivity index (χ4n) is 2.64. The number of carbonyl (C=O) groups excluding carboxylic acids is 1. The van der Waals surface area contributed by atoms with E-state index in [1.807, 2.05) is 23.1 Å². The minimum atomic E-state index is 0.278. The van der Waals surface area contributed by atoms with Crippen LogP contribution >= 0.6 is 0 Å². The lowest BCUT2D eigenvalue weighted by Crippen LogP contribution is -2.32. The Morgan fingerprint density at radius 1 is 1.37 bits per heavy atom. The van der Waals surface area contributed by atoms with Crippen LogP contribution in [0.25, 0.3) is 0 Å². The van der Waals surface area contributed by atoms with Gasteiger partial charge in [-0.2, -0.15) is 0 Å². The molecular weight excluding hydrogens is 236 g/mol. The van der Waals surface area contributed by atoms with Gasteiger partial charge in [-0.15, -0.1) is 0 Å². The zero-order valence-electron chi connectivity index (χ0n) is 11.8. The van der Waals surface area contributed by atoms with Gasteiger partial charge in [0.25, 0.3) is 0 Å². The molecule has 1 aliphatic rings. The fourth-order valence-corrected chi connectivity index (χ4v) is 2.64. The molecule has 0 aliphatic carbocycles. The largest absolute Gasteiger partial charge is 0.339 e. The Balaban J connectivity index is 1.81. The molecule has 19 heavy (non-hydrogen) atoms. The summed E-state index contributed by atoms with van der Waals surface area (Å²) in [5.74, 6) is 0.278. The lowest BCUT2D eigenvalue weighted by Gasteiger charge is -2.22. The molecule has 2 rings (SSSR count). The molecule has 104 valence electrons. The fraction of sp³-hybridized carbons (Fsp3) is 0.562. The molecule has 1 saturated heterocycles. The van der Waals surface area contributed by atoms with E-state index in [1.54, 1.807) is 0 Å². The Kier molecular flexibility index (Phi) is 5.40. The highest BCUT2D eigenvalue weighted by Crippen LogP contribution is 2.13. The van der Waals surface area contributed by atoms with Gasteiger partial charge >= 0.3 is 0 Å². The number of benzene rings is 1. The van der Waals surface area contributed by atoms with Gasteiger partial charge in [0.1, 0.15) is 0 Å². The second-order valence-electron chi connectivity index (χ2n) is 5.23. The predicted molar refractivity (Wildman–Crippen MR) is 77.8 cm³/mol. The Hall–Kier alpha value is -1.35. The van der Waals surface area contributed by atoms with Gasteiger partial charge < -0.3 is 10.2 Å². The summed E-state index contributed by atoms with van der Waals surface area (Å²) in [5.41, 5.74) is 1.21. The molecule has 1 aromatic carbocycles. The van der Waals surface area contributed by atoms with Crippen LogP contribution in [-0.4, -0.2) is 29.9 Å². The summed E-state index contributed by atoms with van der Waals surface area (Å²) in [6.45, 7) is 4.68. The number of hydrogen-bond donors (Lipinski definition) is 1. The zero-order chi connectivity index (χ0) is 13.5. The molecule has 0 aromatic heterocycles. The summed E-state index contributed by atoms with van der Waals surface area (Å²) in [5, 5.41) is 3.45. The first-order valence-corrected chi connectivity index (χ1v) is 7.34. The lowest BCUT2D eigenvalue weighted by molar-refractivity contribution is -0.131. The molecule has 3 nitrogen and oxygen atoms in total. The maximum Gasteiger partial charge on any atom is 0.222 e. The molecule has 1 aliphatic heterocycles. The van der Waals surface area contributed by atoms with Gasteiger partial charge in [0.05, 0.1) is 0 Å². The molecule has 1 fully saturated rings. The predicted octanol–water partition coefficient (Wildman–Crippen LogP) is 2.57. The van der Waals surface area contributed by atoms with Crippen molar-refractivity contribution in [3.63, 3.8) is 0 Å². The van der Waals surface area contributed by atoms with Gasteiger partial charge in [0.2, 0.25) is 5.91 Å². The Bertz CT molecular complexity index is 385. The molecule has 0 radical (unpaired) electrons. The van der Waals surface area contributed by atoms with Crippen molar-refractivity contribution in [2.45, 2.75) is 45.2 Å². The summed E-state index contributed by atoms with van der Waals surface area (Å²) in [4.78, 5) is 14.2. The van der Waals surface area contributed by atoms with Gasteiger partial charge in [-0.1, -0.05) is 30.3 Å². The van der Waals surface area contributed by atoms with Crippen molar-refractivity contribution in [2.75, 3.05) is 13.1 Å². The number of rotatable bonds is 6. The van der Waals surface area contributed by atoms with Crippen molar-refractivity contribution in [1.82, 2.24) is 10.2 Å². The van der Waals surface area contributed by atoms with E-state index in [4.69, 9.17) is 0 Å². The average molecular weight is 260 g/mol. The van der Waals surface area contributed by atoms with Gasteiger partial charge in [-0.05, 0) is 38.3 Å². The van der Waals surface area contributed by atoms with E-state index >= 15 is 0 Å². The van der Waals surface area contributed by atoms with E-state index in [9.17, 15) is 4.79 Å². The zero-order valence-corrected chi connectivity index (χ0v) is 11.8. The van der Waals surface area contributed by atoms with E-state index in [0.717, 1.165) is 26.1 Å². The third-order valence-corrected chi connectivity index (χ3v) is 3.82. The highest BCUT2D eigenvalue weighted by atomic mass is 16.2. The third-order valence-electron chi connectivity index (χ3n) is 3.82. The topological polar surface area (TPSA) is 32.3 Å². The first-order valence-electron chi connectivity index (χ1n) is 7.34. The summed E-state index contributed by atoms with van der Waals surface area (Å²) < 4.78 is 0. The van der Waals surface area contributed by atoms with Crippen molar-refractivity contribution in [2.24, 2.45) is 0 Å². The minimum absolute atomic E-state index is 0.278. The van der Waals surface area contributed by atoms with E-state index in [2.05, 4.69) is 24.4 Å². The SMILES string of the molecule is CCN(Cc1ccccc1)C(=O)CCC1CCCN1. The van der Waals surface area contributed by atoms with Gasteiger partial charge in [0.15, 0.2) is 0 Å². The number of amides is 1. The molecule has 1 unspecified atom stereocenters. The second kappa shape index (κ2) is 7.29. The Morgan fingerprint density at radius 2 is 2.16 bits per heavy atom. The van der Waals surface area contributed by atoms with Crippen LogP contribution in [0, 0.1) is 0 Å². The molecule has 1 aromatic rings. The van der Waals surface area contributed by atoms with Crippen LogP contribution in [-0.2, 0) is 11.3 Å². The van der Waals surface area contributed by atoms with Crippen LogP contribution in [0.4, 0.5) is 0 Å². The first kappa shape index (κ1) is 14.1. The molecule has 3 heteroatoms. The van der Waals surface area contributed by atoms with Crippen molar-refractivity contribution < 1.29 is 4.79 Å². The summed E-state index contributed by atoms with van der Waals surface area (Å²) >= 11 is 0.